The van der Waals surface area contributed by atoms with Crippen LogP contribution < -0.4 is 4.90 Å². The first-order valence-electron chi connectivity index (χ1n) is 11.5. The molecule has 35 heavy (non-hydrogen) atoms. The largest absolute Gasteiger partial charge is 0.494 e. The number of H-pyrrole nitrogens is 1. The van der Waals surface area contributed by atoms with Gasteiger partial charge in [0.1, 0.15) is 0 Å². The highest BCUT2D eigenvalue weighted by atomic mass is 16.5. The van der Waals surface area contributed by atoms with Crippen LogP contribution in [0.1, 0.15) is 11.1 Å². The lowest BCUT2D eigenvalue weighted by atomic mass is 10.0. The number of carbonyl (C=O) groups is 1. The second-order valence-corrected chi connectivity index (χ2v) is 8.42. The number of aromatic nitrogens is 1. The van der Waals surface area contributed by atoms with E-state index in [0.29, 0.717) is 31.0 Å². The summed E-state index contributed by atoms with van der Waals surface area (Å²) in [6.07, 6.45) is 0. The topological polar surface area (TPSA) is 81.2 Å². The Labute approximate surface area is 205 Å². The van der Waals surface area contributed by atoms with Gasteiger partial charge in [-0.05, 0) is 37.4 Å². The normalized spacial score (nSPS) is 11.8. The molecule has 0 aliphatic rings. The minimum Gasteiger partial charge on any atom is -0.494 e. The molecule has 0 saturated carbocycles. The lowest BCUT2D eigenvalue weighted by molar-refractivity contribution is -0.119. The molecule has 180 valence electrons. The van der Waals surface area contributed by atoms with Gasteiger partial charge in [0.25, 0.3) is 0 Å². The minimum atomic E-state index is -0.00598. The number of carbonyl (C=O) groups excluding carboxylic acids is 1. The number of likely N-dealkylation sites (N-methyl/N-ethyl adjacent to an activating group) is 2. The molecule has 0 fully saturated rings. The van der Waals surface area contributed by atoms with Gasteiger partial charge in [0.05, 0.1) is 30.1 Å². The number of nitrogens with zero attached hydrogens (tertiary/aromatic N) is 3. The average Bonchev–Trinajstić information content (AvgIpc) is 3.22. The van der Waals surface area contributed by atoms with Gasteiger partial charge in [-0.15, -0.1) is 0 Å². The van der Waals surface area contributed by atoms with Crippen LogP contribution in [0.5, 0.6) is 5.88 Å². The van der Waals surface area contributed by atoms with Crippen LogP contribution in [0.15, 0.2) is 83.9 Å². The van der Waals surface area contributed by atoms with Gasteiger partial charge in [-0.2, -0.15) is 0 Å². The van der Waals surface area contributed by atoms with E-state index in [1.54, 1.807) is 19.1 Å². The van der Waals surface area contributed by atoms with Gasteiger partial charge in [-0.25, -0.2) is 4.99 Å². The van der Waals surface area contributed by atoms with Crippen LogP contribution in [0.2, 0.25) is 0 Å². The maximum Gasteiger partial charge on any atom is 0.240 e. The SMILES string of the molecule is COCCN(C)CC(=O)N(C)c1ccc(N=C(c2ccccc2)c2c(O)[nH]c3ccccc23)cc1. The van der Waals surface area contributed by atoms with Crippen molar-refractivity contribution in [3.63, 3.8) is 0 Å². The van der Waals surface area contributed by atoms with Crippen LogP contribution in [0.25, 0.3) is 10.9 Å². The van der Waals surface area contributed by atoms with Gasteiger partial charge in [-0.1, -0.05) is 48.5 Å². The Morgan fingerprint density at radius 1 is 0.971 bits per heavy atom. The van der Waals surface area contributed by atoms with Crippen LogP contribution in [-0.4, -0.2) is 67.5 Å². The number of aromatic hydroxyl groups is 1. The van der Waals surface area contributed by atoms with Crippen molar-refractivity contribution in [1.29, 1.82) is 0 Å². The van der Waals surface area contributed by atoms with Gasteiger partial charge >= 0.3 is 0 Å². The highest BCUT2D eigenvalue weighted by Crippen LogP contribution is 2.31. The summed E-state index contributed by atoms with van der Waals surface area (Å²) in [4.78, 5) is 24.2. The quantitative estimate of drug-likeness (QED) is 0.351. The summed E-state index contributed by atoms with van der Waals surface area (Å²) < 4.78 is 5.08. The lowest BCUT2D eigenvalue weighted by Gasteiger charge is -2.22. The smallest absolute Gasteiger partial charge is 0.240 e. The van der Waals surface area contributed by atoms with Crippen LogP contribution in [0.4, 0.5) is 11.4 Å². The standard InChI is InChI=1S/C28H30N4O3/c1-31(17-18-35-3)19-25(33)32(2)22-15-13-21(14-16-22)29-27(20-9-5-4-6-10-20)26-23-11-7-8-12-24(23)30-28(26)34/h4-16,30,34H,17-19H2,1-3H3. The fourth-order valence-corrected chi connectivity index (χ4v) is 3.92. The second kappa shape index (κ2) is 11.0. The summed E-state index contributed by atoms with van der Waals surface area (Å²) in [7, 11) is 5.31. The molecule has 0 spiro atoms. The van der Waals surface area contributed by atoms with E-state index in [9.17, 15) is 9.90 Å². The molecule has 0 aliphatic heterocycles. The fraction of sp³-hybridized carbons (Fsp3) is 0.214. The van der Waals surface area contributed by atoms with Crippen molar-refractivity contribution in [2.75, 3.05) is 45.8 Å². The van der Waals surface area contributed by atoms with E-state index in [-0.39, 0.29) is 11.8 Å². The second-order valence-electron chi connectivity index (χ2n) is 8.42. The first kappa shape index (κ1) is 24.2. The molecule has 0 bridgehead atoms. The van der Waals surface area contributed by atoms with E-state index in [1.165, 1.54) is 0 Å². The predicted molar refractivity (Wildman–Crippen MR) is 141 cm³/mol. The van der Waals surface area contributed by atoms with E-state index in [0.717, 1.165) is 27.8 Å². The van der Waals surface area contributed by atoms with E-state index in [2.05, 4.69) is 4.98 Å². The lowest BCUT2D eigenvalue weighted by Crippen LogP contribution is -2.37. The third-order valence-corrected chi connectivity index (χ3v) is 5.90. The highest BCUT2D eigenvalue weighted by molar-refractivity contribution is 6.21. The number of aromatic amines is 1. The molecule has 3 aromatic carbocycles. The number of hydrogen-bond donors (Lipinski definition) is 2. The van der Waals surface area contributed by atoms with Crippen LogP contribution in [0, 0.1) is 0 Å². The van der Waals surface area contributed by atoms with Crippen molar-refractivity contribution in [2.24, 2.45) is 4.99 Å². The zero-order chi connectivity index (χ0) is 24.8. The molecule has 1 amide bonds. The number of anilines is 1. The number of aliphatic imine (C=N–C) groups is 1. The molecule has 2 N–H and O–H groups in total. The van der Waals surface area contributed by atoms with Gasteiger partial charge in [-0.3, -0.25) is 9.69 Å². The van der Waals surface area contributed by atoms with E-state index in [1.807, 2.05) is 90.8 Å². The molecule has 0 saturated heterocycles. The summed E-state index contributed by atoms with van der Waals surface area (Å²) in [6, 6.07) is 25.1. The van der Waals surface area contributed by atoms with Gasteiger partial charge in [0.2, 0.25) is 5.91 Å². The summed E-state index contributed by atoms with van der Waals surface area (Å²) >= 11 is 0. The number of nitrogens with one attached hydrogen (secondary N) is 1. The maximum atomic E-state index is 12.7. The number of benzene rings is 3. The summed E-state index contributed by atoms with van der Waals surface area (Å²) in [5, 5.41) is 11.7. The third-order valence-electron chi connectivity index (χ3n) is 5.90. The number of rotatable bonds is 9. The third kappa shape index (κ3) is 5.59. The molecule has 7 nitrogen and oxygen atoms in total. The maximum absolute atomic E-state index is 12.7. The molecule has 4 aromatic rings. The highest BCUT2D eigenvalue weighted by Gasteiger charge is 2.18. The molecular weight excluding hydrogens is 440 g/mol. The van der Waals surface area contributed by atoms with Crippen molar-refractivity contribution in [2.45, 2.75) is 0 Å². The fourth-order valence-electron chi connectivity index (χ4n) is 3.92. The molecule has 1 heterocycles. The summed E-state index contributed by atoms with van der Waals surface area (Å²) in [5.41, 5.74) is 4.55. The molecule has 7 heteroatoms. The molecule has 1 aromatic heterocycles. The Balaban J connectivity index is 1.64. The predicted octanol–water partition coefficient (Wildman–Crippen LogP) is 4.58. The number of methoxy groups -OCH3 is 1. The number of fused-ring (bicyclic) bond motifs is 1. The molecular formula is C28H30N4O3. The Morgan fingerprint density at radius 3 is 2.37 bits per heavy atom. The molecule has 0 aliphatic carbocycles. The molecule has 0 atom stereocenters. The average molecular weight is 471 g/mol. The van der Waals surface area contributed by atoms with Crippen molar-refractivity contribution >= 4 is 33.9 Å². The zero-order valence-corrected chi connectivity index (χ0v) is 20.2. The van der Waals surface area contributed by atoms with Crippen LogP contribution in [0.3, 0.4) is 0 Å². The van der Waals surface area contributed by atoms with Crippen LogP contribution >= 0.6 is 0 Å². The molecule has 0 radical (unpaired) electrons. The Kier molecular flexibility index (Phi) is 7.60. The Bertz CT molecular complexity index is 1310. The van der Waals surface area contributed by atoms with E-state index < -0.39 is 0 Å². The zero-order valence-electron chi connectivity index (χ0n) is 20.2. The van der Waals surface area contributed by atoms with Crippen molar-refractivity contribution in [3.05, 3.63) is 90.0 Å². The van der Waals surface area contributed by atoms with Crippen molar-refractivity contribution < 1.29 is 14.6 Å². The number of para-hydroxylation sites is 1. The van der Waals surface area contributed by atoms with Crippen molar-refractivity contribution in [1.82, 2.24) is 9.88 Å². The monoisotopic (exact) mass is 470 g/mol. The summed E-state index contributed by atoms with van der Waals surface area (Å²) in [5.74, 6) is 0.0712. The Morgan fingerprint density at radius 2 is 1.66 bits per heavy atom. The van der Waals surface area contributed by atoms with E-state index in [4.69, 9.17) is 9.73 Å². The number of hydrogen-bond acceptors (Lipinski definition) is 5. The number of amides is 1. The van der Waals surface area contributed by atoms with Crippen LogP contribution in [-0.2, 0) is 9.53 Å². The molecule has 0 unspecified atom stereocenters. The van der Waals surface area contributed by atoms with Crippen molar-refractivity contribution in [3.8, 4) is 5.88 Å². The summed E-state index contributed by atoms with van der Waals surface area (Å²) in [6.45, 7) is 1.57. The number of ether oxygens (including phenoxy) is 1. The molecule has 4 rings (SSSR count). The first-order valence-corrected chi connectivity index (χ1v) is 11.5. The first-order chi connectivity index (χ1) is 17.0. The van der Waals surface area contributed by atoms with E-state index >= 15 is 0 Å². The minimum absolute atomic E-state index is 0.00598. The van der Waals surface area contributed by atoms with Gasteiger partial charge < -0.3 is 19.7 Å². The Hall–Kier alpha value is -3.94. The van der Waals surface area contributed by atoms with Gasteiger partial charge in [0, 0.05) is 42.9 Å². The van der Waals surface area contributed by atoms with Gasteiger partial charge in [0.15, 0.2) is 5.88 Å².